The normalized spacial score (nSPS) is 27.6. The Labute approximate surface area is 96.9 Å². The zero-order valence-electron chi connectivity index (χ0n) is 8.93. The van der Waals surface area contributed by atoms with E-state index in [1.54, 1.807) is 12.1 Å². The molecule has 0 amide bonds. The van der Waals surface area contributed by atoms with Crippen LogP contribution in [0.4, 0.5) is 4.39 Å². The van der Waals surface area contributed by atoms with E-state index in [1.165, 1.54) is 12.1 Å². The minimum absolute atomic E-state index is 0.240. The molecule has 0 aromatic heterocycles. The fourth-order valence-electron chi connectivity index (χ4n) is 2.09. The van der Waals surface area contributed by atoms with Crippen LogP contribution in [0.25, 0.3) is 0 Å². The number of halogens is 1. The first-order valence-electron chi connectivity index (χ1n) is 5.52. The van der Waals surface area contributed by atoms with E-state index in [1.807, 2.05) is 0 Å². The van der Waals surface area contributed by atoms with Crippen molar-refractivity contribution in [1.82, 2.24) is 0 Å². The molecule has 0 bridgehead atoms. The van der Waals surface area contributed by atoms with Crippen LogP contribution in [0.5, 0.6) is 0 Å². The first kappa shape index (κ1) is 11.7. The number of hydrogen-bond acceptors (Lipinski definition) is 2. The first-order chi connectivity index (χ1) is 7.68. The average Bonchev–Trinajstić information content (AvgIpc) is 2.29. The summed E-state index contributed by atoms with van der Waals surface area (Å²) >= 11 is 0. The van der Waals surface area contributed by atoms with Gasteiger partial charge >= 0.3 is 0 Å². The molecule has 1 aromatic rings. The third kappa shape index (κ3) is 2.50. The molecule has 3 atom stereocenters. The van der Waals surface area contributed by atoms with E-state index >= 15 is 0 Å². The molecule has 0 radical (unpaired) electrons. The molecular weight excluding hydrogens is 227 g/mol. The SMILES string of the molecule is O=S(c1cccc(F)c1)C1CCCCC1O. The molecule has 4 heteroatoms. The fraction of sp³-hybridized carbons (Fsp3) is 0.500. The van der Waals surface area contributed by atoms with Crippen molar-refractivity contribution in [2.45, 2.75) is 41.9 Å². The zero-order valence-corrected chi connectivity index (χ0v) is 9.75. The quantitative estimate of drug-likeness (QED) is 0.863. The summed E-state index contributed by atoms with van der Waals surface area (Å²) in [6.45, 7) is 0. The van der Waals surface area contributed by atoms with Gasteiger partial charge in [-0.1, -0.05) is 18.9 Å². The lowest BCUT2D eigenvalue weighted by atomic mass is 9.97. The standard InChI is InChI=1S/C12H15FO2S/c13-9-4-3-5-10(8-9)16(15)12-7-2-1-6-11(12)14/h3-5,8,11-12,14H,1-2,6-7H2. The lowest BCUT2D eigenvalue weighted by molar-refractivity contribution is 0.135. The van der Waals surface area contributed by atoms with Crippen molar-refractivity contribution in [2.24, 2.45) is 0 Å². The van der Waals surface area contributed by atoms with Gasteiger partial charge in [-0.05, 0) is 31.0 Å². The summed E-state index contributed by atoms with van der Waals surface area (Å²) in [6.07, 6.45) is 2.91. The monoisotopic (exact) mass is 242 g/mol. The molecule has 16 heavy (non-hydrogen) atoms. The molecule has 1 aromatic carbocycles. The topological polar surface area (TPSA) is 37.3 Å². The molecule has 88 valence electrons. The predicted molar refractivity (Wildman–Crippen MR) is 61.1 cm³/mol. The summed E-state index contributed by atoms with van der Waals surface area (Å²) < 4.78 is 25.1. The van der Waals surface area contributed by atoms with Crippen molar-refractivity contribution < 1.29 is 13.7 Å². The summed E-state index contributed by atoms with van der Waals surface area (Å²) in [5.74, 6) is -0.379. The Morgan fingerprint density at radius 2 is 2.06 bits per heavy atom. The molecule has 1 saturated carbocycles. The van der Waals surface area contributed by atoms with Gasteiger partial charge in [-0.2, -0.15) is 0 Å². The van der Waals surface area contributed by atoms with Crippen molar-refractivity contribution in [3.8, 4) is 0 Å². The van der Waals surface area contributed by atoms with Crippen LogP contribution in [0.15, 0.2) is 29.2 Å². The first-order valence-corrected chi connectivity index (χ1v) is 6.74. The van der Waals surface area contributed by atoms with Gasteiger partial charge in [-0.15, -0.1) is 0 Å². The van der Waals surface area contributed by atoms with Gasteiger partial charge in [-0.3, -0.25) is 4.21 Å². The van der Waals surface area contributed by atoms with Gasteiger partial charge in [0.2, 0.25) is 0 Å². The van der Waals surface area contributed by atoms with E-state index in [4.69, 9.17) is 0 Å². The summed E-state index contributed by atoms with van der Waals surface area (Å²) in [7, 11) is -1.30. The van der Waals surface area contributed by atoms with Crippen LogP contribution in [0, 0.1) is 5.82 Å². The molecule has 2 rings (SSSR count). The van der Waals surface area contributed by atoms with Crippen molar-refractivity contribution in [3.05, 3.63) is 30.1 Å². The van der Waals surface area contributed by atoms with Crippen LogP contribution in [0.1, 0.15) is 25.7 Å². The van der Waals surface area contributed by atoms with Crippen molar-refractivity contribution in [1.29, 1.82) is 0 Å². The van der Waals surface area contributed by atoms with Gasteiger partial charge in [0.15, 0.2) is 0 Å². The van der Waals surface area contributed by atoms with Gasteiger partial charge in [0.05, 0.1) is 22.2 Å². The van der Waals surface area contributed by atoms with E-state index in [9.17, 15) is 13.7 Å². The van der Waals surface area contributed by atoms with E-state index in [0.717, 1.165) is 19.3 Å². The minimum Gasteiger partial charge on any atom is -0.392 e. The summed E-state index contributed by atoms with van der Waals surface area (Å²) in [5.41, 5.74) is 0. The molecule has 1 aliphatic carbocycles. The molecule has 2 nitrogen and oxygen atoms in total. The largest absolute Gasteiger partial charge is 0.392 e. The Balaban J connectivity index is 2.17. The number of benzene rings is 1. The Hall–Kier alpha value is -0.740. The zero-order chi connectivity index (χ0) is 11.5. The maximum atomic E-state index is 13.0. The third-order valence-electron chi connectivity index (χ3n) is 2.97. The van der Waals surface area contributed by atoms with Crippen molar-refractivity contribution in [2.75, 3.05) is 0 Å². The fourth-order valence-corrected chi connectivity index (χ4v) is 3.69. The van der Waals surface area contributed by atoms with E-state index in [-0.39, 0.29) is 11.1 Å². The smallest absolute Gasteiger partial charge is 0.124 e. The van der Waals surface area contributed by atoms with Crippen LogP contribution >= 0.6 is 0 Å². The highest BCUT2D eigenvalue weighted by molar-refractivity contribution is 7.85. The number of rotatable bonds is 2. The van der Waals surface area contributed by atoms with Crippen LogP contribution in [0.3, 0.4) is 0 Å². The maximum absolute atomic E-state index is 13.0. The maximum Gasteiger partial charge on any atom is 0.124 e. The lowest BCUT2D eigenvalue weighted by Crippen LogP contribution is -2.33. The second-order valence-electron chi connectivity index (χ2n) is 4.15. The van der Waals surface area contributed by atoms with E-state index < -0.39 is 16.9 Å². The molecule has 0 heterocycles. The molecule has 0 saturated heterocycles. The van der Waals surface area contributed by atoms with Crippen LogP contribution in [0.2, 0.25) is 0 Å². The molecule has 0 aliphatic heterocycles. The van der Waals surface area contributed by atoms with Crippen molar-refractivity contribution >= 4 is 10.8 Å². The number of aliphatic hydroxyl groups is 1. The van der Waals surface area contributed by atoms with Crippen LogP contribution < -0.4 is 0 Å². The van der Waals surface area contributed by atoms with Gasteiger partial charge < -0.3 is 5.11 Å². The second kappa shape index (κ2) is 5.06. The lowest BCUT2D eigenvalue weighted by Gasteiger charge is -2.26. The average molecular weight is 242 g/mol. The molecular formula is C12H15FO2S. The minimum atomic E-state index is -1.30. The summed E-state index contributed by atoms with van der Waals surface area (Å²) in [6, 6.07) is 5.83. The van der Waals surface area contributed by atoms with Gasteiger partial charge in [0.25, 0.3) is 0 Å². The molecule has 1 N–H and O–H groups in total. The third-order valence-corrected chi connectivity index (χ3v) is 4.79. The van der Waals surface area contributed by atoms with Gasteiger partial charge in [0, 0.05) is 4.90 Å². The van der Waals surface area contributed by atoms with Crippen LogP contribution in [-0.4, -0.2) is 20.7 Å². The Morgan fingerprint density at radius 1 is 1.31 bits per heavy atom. The Kier molecular flexibility index (Phi) is 3.71. The van der Waals surface area contributed by atoms with Gasteiger partial charge in [0.1, 0.15) is 5.82 Å². The highest BCUT2D eigenvalue weighted by atomic mass is 32.2. The highest BCUT2D eigenvalue weighted by Gasteiger charge is 2.29. The predicted octanol–water partition coefficient (Wildman–Crippen LogP) is 2.24. The molecule has 1 aliphatic rings. The Morgan fingerprint density at radius 3 is 2.75 bits per heavy atom. The van der Waals surface area contributed by atoms with Crippen LogP contribution in [-0.2, 0) is 10.8 Å². The van der Waals surface area contributed by atoms with Gasteiger partial charge in [-0.25, -0.2) is 4.39 Å². The Bertz CT molecular complexity index is 394. The molecule has 3 unspecified atom stereocenters. The molecule has 1 fully saturated rings. The summed E-state index contributed by atoms with van der Waals surface area (Å²) in [4.78, 5) is 0.478. The van der Waals surface area contributed by atoms with E-state index in [2.05, 4.69) is 0 Å². The number of aliphatic hydroxyl groups excluding tert-OH is 1. The summed E-state index contributed by atoms with van der Waals surface area (Å²) in [5, 5.41) is 9.54. The van der Waals surface area contributed by atoms with E-state index in [0.29, 0.717) is 11.3 Å². The second-order valence-corrected chi connectivity index (χ2v) is 5.82. The molecule has 0 spiro atoms. The highest BCUT2D eigenvalue weighted by Crippen LogP contribution is 2.26. The number of hydrogen-bond donors (Lipinski definition) is 1. The van der Waals surface area contributed by atoms with Crippen molar-refractivity contribution in [3.63, 3.8) is 0 Å².